The molecule has 0 spiro atoms. The van der Waals surface area contributed by atoms with E-state index in [4.69, 9.17) is 0 Å². The molecular formula is C20H25N2+. The van der Waals surface area contributed by atoms with E-state index < -0.39 is 0 Å². The first-order valence-electron chi connectivity index (χ1n) is 8.90. The normalized spacial score (nSPS) is 32.9. The molecule has 0 amide bonds. The molecule has 5 aliphatic rings. The molecule has 6 rings (SSSR count). The fourth-order valence-corrected chi connectivity index (χ4v) is 5.39. The minimum Gasteiger partial charge on any atom is -0.224 e. The van der Waals surface area contributed by atoms with E-state index in [-0.39, 0.29) is 0 Å². The fourth-order valence-electron chi connectivity index (χ4n) is 5.39. The summed E-state index contributed by atoms with van der Waals surface area (Å²) in [6, 6.07) is 9.83. The summed E-state index contributed by atoms with van der Waals surface area (Å²) in [5, 5.41) is 2.74. The van der Waals surface area contributed by atoms with Crippen LogP contribution in [0, 0.1) is 0 Å². The second-order valence-electron chi connectivity index (χ2n) is 7.56. The van der Waals surface area contributed by atoms with Crippen molar-refractivity contribution in [3.05, 3.63) is 58.3 Å². The van der Waals surface area contributed by atoms with Crippen LogP contribution in [0.15, 0.2) is 47.2 Å². The second kappa shape index (κ2) is 4.48. The van der Waals surface area contributed by atoms with Gasteiger partial charge in [-0.05, 0) is 42.4 Å². The minimum atomic E-state index is 0.738. The molecule has 4 aliphatic heterocycles. The van der Waals surface area contributed by atoms with Gasteiger partial charge < -0.3 is 0 Å². The number of benzene rings is 1. The Morgan fingerprint density at radius 2 is 1.95 bits per heavy atom. The van der Waals surface area contributed by atoms with Gasteiger partial charge in [-0.25, -0.2) is 9.60 Å². The maximum atomic E-state index is 2.74. The van der Waals surface area contributed by atoms with Crippen molar-refractivity contribution in [2.24, 2.45) is 0 Å². The quantitative estimate of drug-likeness (QED) is 0.661. The van der Waals surface area contributed by atoms with Crippen LogP contribution < -0.4 is 0 Å². The molecule has 1 saturated heterocycles. The van der Waals surface area contributed by atoms with Crippen LogP contribution in [0.1, 0.15) is 36.8 Å². The Labute approximate surface area is 133 Å². The number of aryl methyl sites for hydroxylation is 1. The van der Waals surface area contributed by atoms with Crippen molar-refractivity contribution in [1.82, 2.24) is 5.01 Å². The monoisotopic (exact) mass is 293 g/mol. The lowest BCUT2D eigenvalue weighted by Crippen LogP contribution is -2.69. The van der Waals surface area contributed by atoms with Crippen molar-refractivity contribution in [3.8, 4) is 0 Å². The molecule has 114 valence electrons. The lowest BCUT2D eigenvalue weighted by Gasteiger charge is -2.58. The molecule has 0 radical (unpaired) electrons. The number of fused-ring (bicyclic) bond motifs is 2. The van der Waals surface area contributed by atoms with Crippen LogP contribution in [0.3, 0.4) is 0 Å². The summed E-state index contributed by atoms with van der Waals surface area (Å²) in [7, 11) is 2.48. The first-order chi connectivity index (χ1) is 10.8. The van der Waals surface area contributed by atoms with Gasteiger partial charge in [-0.3, -0.25) is 0 Å². The molecule has 4 heterocycles. The maximum Gasteiger partial charge on any atom is 0.137 e. The molecule has 22 heavy (non-hydrogen) atoms. The number of rotatable bonds is 0. The van der Waals surface area contributed by atoms with Gasteiger partial charge in [-0.1, -0.05) is 30.3 Å². The summed E-state index contributed by atoms with van der Waals surface area (Å²) in [6.07, 6.45) is 10.3. The molecule has 0 N–H and O–H groups in total. The molecule has 2 unspecified atom stereocenters. The van der Waals surface area contributed by atoms with Crippen molar-refractivity contribution < 1.29 is 4.59 Å². The van der Waals surface area contributed by atoms with E-state index >= 15 is 0 Å². The fraction of sp³-hybridized carbons (Fsp3) is 0.500. The van der Waals surface area contributed by atoms with Gasteiger partial charge in [0, 0.05) is 18.4 Å². The highest BCUT2D eigenvalue weighted by Crippen LogP contribution is 2.47. The molecule has 2 bridgehead atoms. The summed E-state index contributed by atoms with van der Waals surface area (Å²) < 4.78 is 1.16. The van der Waals surface area contributed by atoms with Crippen LogP contribution in [0.2, 0.25) is 0 Å². The first kappa shape index (κ1) is 13.0. The third kappa shape index (κ3) is 1.59. The standard InChI is InChI=1S/C20H25N2/c1-22-13-5-4-8-20(22)18-11-12-21(22)19-14-16-7-3-2-6-15(16)9-10-17(18)19/h2-3,6-7,11,20H,4-5,8-10,12-14H2,1H3/q+1. The second-order valence-corrected chi connectivity index (χ2v) is 7.56. The van der Waals surface area contributed by atoms with Crippen molar-refractivity contribution in [3.63, 3.8) is 0 Å². The Morgan fingerprint density at radius 3 is 2.86 bits per heavy atom. The Bertz CT molecular complexity index is 699. The third-order valence-corrected chi connectivity index (χ3v) is 6.53. The first-order valence-corrected chi connectivity index (χ1v) is 8.90. The minimum absolute atomic E-state index is 0.738. The lowest BCUT2D eigenvalue weighted by molar-refractivity contribution is -1.04. The number of likely N-dealkylation sites (N-methyl/N-ethyl adjacent to an activating group) is 1. The van der Waals surface area contributed by atoms with Crippen LogP contribution in [-0.2, 0) is 12.8 Å². The van der Waals surface area contributed by atoms with Gasteiger partial charge in [0.15, 0.2) is 0 Å². The maximum absolute atomic E-state index is 2.74. The molecule has 1 aromatic rings. The molecular weight excluding hydrogens is 268 g/mol. The van der Waals surface area contributed by atoms with Gasteiger partial charge in [-0.15, -0.1) is 0 Å². The summed E-state index contributed by atoms with van der Waals surface area (Å²) in [6.45, 7) is 2.45. The van der Waals surface area contributed by atoms with Crippen LogP contribution in [0.5, 0.6) is 0 Å². The van der Waals surface area contributed by atoms with Crippen molar-refractivity contribution in [1.29, 1.82) is 0 Å². The average Bonchev–Trinajstić information content (AvgIpc) is 2.75. The summed E-state index contributed by atoms with van der Waals surface area (Å²) in [5.41, 5.74) is 8.18. The Balaban J connectivity index is 1.64. The van der Waals surface area contributed by atoms with E-state index in [2.05, 4.69) is 42.4 Å². The predicted octanol–water partition coefficient (Wildman–Crippen LogP) is 3.60. The Hall–Kier alpha value is -1.54. The zero-order valence-electron chi connectivity index (χ0n) is 13.5. The molecule has 2 atom stereocenters. The number of hydrogen-bond donors (Lipinski definition) is 0. The SMILES string of the molecule is C[N+]12CCCCC1C1=CCN2C2=C1CCc1ccccc1C2. The van der Waals surface area contributed by atoms with E-state index in [0.717, 1.165) is 23.6 Å². The van der Waals surface area contributed by atoms with E-state index in [1.807, 2.05) is 0 Å². The molecule has 1 aromatic carbocycles. The van der Waals surface area contributed by atoms with Crippen LogP contribution in [0.25, 0.3) is 0 Å². The van der Waals surface area contributed by atoms with Gasteiger partial charge >= 0.3 is 0 Å². The van der Waals surface area contributed by atoms with Gasteiger partial charge in [0.05, 0.1) is 19.3 Å². The van der Waals surface area contributed by atoms with Gasteiger partial charge in [0.1, 0.15) is 12.6 Å². The van der Waals surface area contributed by atoms with E-state index in [1.165, 1.54) is 38.6 Å². The number of quaternary nitrogens is 1. The summed E-state index contributed by atoms with van der Waals surface area (Å²) in [5.74, 6) is 0. The molecule has 0 aromatic heterocycles. The average molecular weight is 293 g/mol. The topological polar surface area (TPSA) is 3.24 Å². The predicted molar refractivity (Wildman–Crippen MR) is 89.0 cm³/mol. The summed E-state index contributed by atoms with van der Waals surface area (Å²) >= 11 is 0. The lowest BCUT2D eigenvalue weighted by atomic mass is 9.82. The van der Waals surface area contributed by atoms with Crippen molar-refractivity contribution in [2.75, 3.05) is 20.1 Å². The van der Waals surface area contributed by atoms with E-state index in [1.54, 1.807) is 28.0 Å². The van der Waals surface area contributed by atoms with Crippen LogP contribution >= 0.6 is 0 Å². The molecule has 0 saturated carbocycles. The highest BCUT2D eigenvalue weighted by Gasteiger charge is 2.51. The van der Waals surface area contributed by atoms with Gasteiger partial charge in [0.25, 0.3) is 0 Å². The van der Waals surface area contributed by atoms with Crippen LogP contribution in [-0.4, -0.2) is 35.8 Å². The Morgan fingerprint density at radius 1 is 1.09 bits per heavy atom. The van der Waals surface area contributed by atoms with Gasteiger partial charge in [0.2, 0.25) is 0 Å². The third-order valence-electron chi connectivity index (χ3n) is 6.53. The van der Waals surface area contributed by atoms with Crippen molar-refractivity contribution in [2.45, 2.75) is 44.6 Å². The smallest absolute Gasteiger partial charge is 0.137 e. The molecule has 2 nitrogen and oxygen atoms in total. The highest BCUT2D eigenvalue weighted by molar-refractivity contribution is 5.47. The number of hydrogen-bond acceptors (Lipinski definition) is 1. The number of piperidine rings is 1. The zero-order valence-corrected chi connectivity index (χ0v) is 13.5. The highest BCUT2D eigenvalue weighted by atomic mass is 15.8. The van der Waals surface area contributed by atoms with Crippen molar-refractivity contribution >= 4 is 0 Å². The van der Waals surface area contributed by atoms with Gasteiger partial charge in [-0.2, -0.15) is 0 Å². The molecule has 2 heteroatoms. The largest absolute Gasteiger partial charge is 0.224 e. The Kier molecular flexibility index (Phi) is 2.64. The van der Waals surface area contributed by atoms with E-state index in [9.17, 15) is 0 Å². The summed E-state index contributed by atoms with van der Waals surface area (Å²) in [4.78, 5) is 0. The number of nitrogens with zero attached hydrogens (tertiary/aromatic N) is 2. The van der Waals surface area contributed by atoms with Crippen LogP contribution in [0.4, 0.5) is 0 Å². The van der Waals surface area contributed by atoms with E-state index in [0.29, 0.717) is 0 Å². The molecule has 1 fully saturated rings. The molecule has 1 aliphatic carbocycles. The number of allylic oxidation sites excluding steroid dienone is 1. The zero-order chi connectivity index (χ0) is 14.7.